The number of thiazole rings is 1. The maximum atomic E-state index is 12.9. The van der Waals surface area contributed by atoms with Gasteiger partial charge in [-0.3, -0.25) is 4.79 Å². The number of rotatable bonds is 4. The van der Waals surface area contributed by atoms with Crippen molar-refractivity contribution in [1.82, 2.24) is 9.88 Å². The van der Waals surface area contributed by atoms with Crippen LogP contribution in [0.1, 0.15) is 75.5 Å². The molecule has 1 aromatic carbocycles. The molecule has 26 heavy (non-hydrogen) atoms. The van der Waals surface area contributed by atoms with Crippen LogP contribution in [0.5, 0.6) is 0 Å². The quantitative estimate of drug-likeness (QED) is 0.869. The number of carbonyl (C=O) groups is 2. The summed E-state index contributed by atoms with van der Waals surface area (Å²) in [7, 11) is 0. The lowest BCUT2D eigenvalue weighted by atomic mass is 9.97. The maximum Gasteiger partial charge on any atom is 0.335 e. The Morgan fingerprint density at radius 3 is 2.65 bits per heavy atom. The van der Waals surface area contributed by atoms with Crippen LogP contribution >= 0.6 is 11.3 Å². The Labute approximate surface area is 157 Å². The van der Waals surface area contributed by atoms with Crippen molar-refractivity contribution in [2.75, 3.05) is 13.1 Å². The van der Waals surface area contributed by atoms with Crippen molar-refractivity contribution in [2.45, 2.75) is 45.4 Å². The molecular weight excluding hydrogens is 348 g/mol. The van der Waals surface area contributed by atoms with Gasteiger partial charge >= 0.3 is 5.97 Å². The molecule has 1 N–H and O–H groups in total. The van der Waals surface area contributed by atoms with E-state index in [2.05, 4.69) is 19.2 Å². The monoisotopic (exact) mass is 372 g/mol. The molecule has 0 radical (unpaired) electrons. The van der Waals surface area contributed by atoms with E-state index in [-0.39, 0.29) is 17.4 Å². The highest BCUT2D eigenvalue weighted by molar-refractivity contribution is 7.09. The number of carboxylic acids is 1. The van der Waals surface area contributed by atoms with Gasteiger partial charge in [-0.1, -0.05) is 13.8 Å². The van der Waals surface area contributed by atoms with Crippen LogP contribution in [0.4, 0.5) is 0 Å². The zero-order valence-electron chi connectivity index (χ0n) is 15.4. The standard InChI is InChI=1S/C20H24N2O3S/c1-12(2)17-11-26-18(21-17)14-5-4-6-22(10-14)19(23)15-7-13(3)8-16(9-15)20(24)25/h7-9,11-12,14H,4-6,10H2,1-3H3,(H,24,25). The molecule has 5 nitrogen and oxygen atoms in total. The number of aromatic nitrogens is 1. The molecule has 2 aromatic rings. The summed E-state index contributed by atoms with van der Waals surface area (Å²) >= 11 is 1.68. The summed E-state index contributed by atoms with van der Waals surface area (Å²) in [5.74, 6) is -0.443. The largest absolute Gasteiger partial charge is 0.478 e. The third-order valence-corrected chi connectivity index (χ3v) is 5.79. The number of hydrogen-bond acceptors (Lipinski definition) is 4. The Morgan fingerprint density at radius 1 is 1.27 bits per heavy atom. The van der Waals surface area contributed by atoms with E-state index in [1.807, 2.05) is 11.8 Å². The third-order valence-electron chi connectivity index (χ3n) is 4.76. The van der Waals surface area contributed by atoms with Crippen LogP contribution in [0.2, 0.25) is 0 Å². The topological polar surface area (TPSA) is 70.5 Å². The third kappa shape index (κ3) is 3.96. The van der Waals surface area contributed by atoms with Gasteiger partial charge in [-0.25, -0.2) is 9.78 Å². The lowest BCUT2D eigenvalue weighted by molar-refractivity contribution is 0.0696. The summed E-state index contributed by atoms with van der Waals surface area (Å²) in [6.07, 6.45) is 1.97. The highest BCUT2D eigenvalue weighted by Gasteiger charge is 2.28. The van der Waals surface area contributed by atoms with Crippen LogP contribution in [0.15, 0.2) is 23.6 Å². The molecular formula is C20H24N2O3S. The van der Waals surface area contributed by atoms with Crippen LogP contribution in [0.25, 0.3) is 0 Å². The predicted molar refractivity (Wildman–Crippen MR) is 102 cm³/mol. The van der Waals surface area contributed by atoms with Gasteiger partial charge in [0.15, 0.2) is 0 Å². The van der Waals surface area contributed by atoms with E-state index in [1.165, 1.54) is 6.07 Å². The summed E-state index contributed by atoms with van der Waals surface area (Å²) in [4.78, 5) is 30.8. The average Bonchev–Trinajstić information content (AvgIpc) is 3.11. The van der Waals surface area contributed by atoms with E-state index in [0.717, 1.165) is 29.1 Å². The first-order chi connectivity index (χ1) is 12.3. The number of likely N-dealkylation sites (tertiary alicyclic amines) is 1. The lowest BCUT2D eigenvalue weighted by Crippen LogP contribution is -2.39. The molecule has 1 saturated heterocycles. The van der Waals surface area contributed by atoms with E-state index >= 15 is 0 Å². The van der Waals surface area contributed by atoms with Gasteiger partial charge in [0.2, 0.25) is 0 Å². The molecule has 1 unspecified atom stereocenters. The van der Waals surface area contributed by atoms with E-state index in [0.29, 0.717) is 24.6 Å². The van der Waals surface area contributed by atoms with Gasteiger partial charge in [-0.15, -0.1) is 11.3 Å². The van der Waals surface area contributed by atoms with Gasteiger partial charge in [0, 0.05) is 30.0 Å². The van der Waals surface area contributed by atoms with Crippen molar-refractivity contribution < 1.29 is 14.7 Å². The lowest BCUT2D eigenvalue weighted by Gasteiger charge is -2.32. The van der Waals surface area contributed by atoms with Crippen molar-refractivity contribution in [1.29, 1.82) is 0 Å². The molecule has 0 spiro atoms. The van der Waals surface area contributed by atoms with Crippen molar-refractivity contribution in [3.8, 4) is 0 Å². The van der Waals surface area contributed by atoms with Crippen LogP contribution in [-0.4, -0.2) is 40.0 Å². The van der Waals surface area contributed by atoms with Crippen LogP contribution in [-0.2, 0) is 0 Å². The fraction of sp³-hybridized carbons (Fsp3) is 0.450. The zero-order valence-corrected chi connectivity index (χ0v) is 16.2. The molecule has 138 valence electrons. The van der Waals surface area contributed by atoms with Crippen molar-refractivity contribution in [3.05, 3.63) is 51.0 Å². The molecule has 1 aromatic heterocycles. The van der Waals surface area contributed by atoms with Gasteiger partial charge in [0.05, 0.1) is 16.3 Å². The molecule has 1 aliphatic heterocycles. The number of aryl methyl sites for hydroxylation is 1. The van der Waals surface area contributed by atoms with Gasteiger partial charge in [0.1, 0.15) is 0 Å². The second-order valence-electron chi connectivity index (χ2n) is 7.25. The van der Waals surface area contributed by atoms with E-state index in [1.54, 1.807) is 23.5 Å². The second kappa shape index (κ2) is 7.58. The number of carbonyl (C=O) groups excluding carboxylic acids is 1. The number of carboxylic acid groups (broad SMARTS) is 1. The smallest absolute Gasteiger partial charge is 0.335 e. The summed E-state index contributed by atoms with van der Waals surface area (Å²) in [6.45, 7) is 7.42. The first kappa shape index (κ1) is 18.6. The van der Waals surface area contributed by atoms with E-state index in [4.69, 9.17) is 4.98 Å². The minimum Gasteiger partial charge on any atom is -0.478 e. The highest BCUT2D eigenvalue weighted by atomic mass is 32.1. The maximum absolute atomic E-state index is 12.9. The zero-order chi connectivity index (χ0) is 18.8. The molecule has 0 saturated carbocycles. The molecule has 6 heteroatoms. The van der Waals surface area contributed by atoms with Crippen LogP contribution < -0.4 is 0 Å². The Balaban J connectivity index is 1.78. The van der Waals surface area contributed by atoms with Crippen LogP contribution in [0.3, 0.4) is 0 Å². The van der Waals surface area contributed by atoms with Gasteiger partial charge in [-0.05, 0) is 49.4 Å². The SMILES string of the molecule is Cc1cc(C(=O)O)cc(C(=O)N2CCCC(c3nc(C(C)C)cs3)C2)c1. The van der Waals surface area contributed by atoms with Crippen molar-refractivity contribution >= 4 is 23.2 Å². The molecule has 2 heterocycles. The van der Waals surface area contributed by atoms with Gasteiger partial charge in [-0.2, -0.15) is 0 Å². The number of benzene rings is 1. The Hall–Kier alpha value is -2.21. The molecule has 1 amide bonds. The minimum absolute atomic E-state index is 0.0958. The molecule has 0 bridgehead atoms. The van der Waals surface area contributed by atoms with E-state index < -0.39 is 5.97 Å². The van der Waals surface area contributed by atoms with Crippen molar-refractivity contribution in [2.24, 2.45) is 0 Å². The Bertz CT molecular complexity index is 828. The summed E-state index contributed by atoms with van der Waals surface area (Å²) in [5.41, 5.74) is 2.50. The summed E-state index contributed by atoms with van der Waals surface area (Å²) in [5, 5.41) is 12.4. The van der Waals surface area contributed by atoms with Crippen molar-refractivity contribution in [3.63, 3.8) is 0 Å². The molecule has 0 aliphatic carbocycles. The van der Waals surface area contributed by atoms with Crippen LogP contribution in [0, 0.1) is 6.92 Å². The minimum atomic E-state index is -1.01. The average molecular weight is 372 g/mol. The second-order valence-corrected chi connectivity index (χ2v) is 8.14. The number of amides is 1. The fourth-order valence-corrected chi connectivity index (χ4v) is 4.44. The number of nitrogens with zero attached hydrogens (tertiary/aromatic N) is 2. The van der Waals surface area contributed by atoms with Gasteiger partial charge < -0.3 is 10.0 Å². The highest BCUT2D eigenvalue weighted by Crippen LogP contribution is 2.31. The summed E-state index contributed by atoms with van der Waals surface area (Å²) < 4.78 is 0. The molecule has 3 rings (SSSR count). The first-order valence-corrected chi connectivity index (χ1v) is 9.82. The fourth-order valence-electron chi connectivity index (χ4n) is 3.33. The number of piperidine rings is 1. The molecule has 1 aliphatic rings. The summed E-state index contributed by atoms with van der Waals surface area (Å²) in [6, 6.07) is 4.82. The normalized spacial score (nSPS) is 17.5. The van der Waals surface area contributed by atoms with Gasteiger partial charge in [0.25, 0.3) is 5.91 Å². The Morgan fingerprint density at radius 2 is 2.00 bits per heavy atom. The van der Waals surface area contributed by atoms with E-state index in [9.17, 15) is 14.7 Å². The first-order valence-electron chi connectivity index (χ1n) is 8.94. The molecule has 1 atom stereocenters. The number of aromatic carboxylic acids is 1. The molecule has 1 fully saturated rings. The predicted octanol–water partition coefficient (Wildman–Crippen LogP) is 4.29. The number of hydrogen-bond donors (Lipinski definition) is 1. The Kier molecular flexibility index (Phi) is 5.41.